The van der Waals surface area contributed by atoms with Crippen LogP contribution in [-0.2, 0) is 11.3 Å². The highest BCUT2D eigenvalue weighted by atomic mass is 32.2. The number of carbonyl (C=O) groups is 1. The molecule has 0 saturated heterocycles. The predicted octanol–water partition coefficient (Wildman–Crippen LogP) is 4.18. The van der Waals surface area contributed by atoms with Gasteiger partial charge in [0.1, 0.15) is 10.8 Å². The van der Waals surface area contributed by atoms with Gasteiger partial charge in [-0.2, -0.15) is 0 Å². The van der Waals surface area contributed by atoms with Gasteiger partial charge in [0.2, 0.25) is 5.91 Å². The molecule has 1 amide bonds. The molecule has 0 radical (unpaired) electrons. The van der Waals surface area contributed by atoms with Crippen LogP contribution in [0.4, 0.5) is 0 Å². The average Bonchev–Trinajstić information content (AvgIpc) is 2.73. The number of nitrogens with zero attached hydrogens (tertiary/aromatic N) is 2. The van der Waals surface area contributed by atoms with E-state index < -0.39 is 0 Å². The number of hydrogen-bond acceptors (Lipinski definition) is 5. The molecular weight excluding hydrogens is 370 g/mol. The first-order valence-corrected chi connectivity index (χ1v) is 9.97. The van der Waals surface area contributed by atoms with E-state index in [1.54, 1.807) is 7.11 Å². The fourth-order valence-corrected chi connectivity index (χ4v) is 3.27. The molecule has 0 bridgehead atoms. The first-order chi connectivity index (χ1) is 13.5. The summed E-state index contributed by atoms with van der Waals surface area (Å²) in [4.78, 5) is 12.1. The van der Waals surface area contributed by atoms with Crippen LogP contribution in [0.3, 0.4) is 0 Å². The number of amides is 1. The Morgan fingerprint density at radius 3 is 2.61 bits per heavy atom. The van der Waals surface area contributed by atoms with Gasteiger partial charge >= 0.3 is 0 Å². The van der Waals surface area contributed by atoms with Crippen molar-refractivity contribution in [2.75, 3.05) is 12.9 Å². The molecule has 0 aliphatic carbocycles. The third kappa shape index (κ3) is 5.33. The van der Waals surface area contributed by atoms with Crippen molar-refractivity contribution < 1.29 is 9.53 Å². The lowest BCUT2D eigenvalue weighted by Crippen LogP contribution is -2.24. The van der Waals surface area contributed by atoms with Crippen molar-refractivity contribution >= 4 is 17.7 Å². The summed E-state index contributed by atoms with van der Waals surface area (Å²) in [6.45, 7) is 4.64. The molecule has 6 heteroatoms. The van der Waals surface area contributed by atoms with Crippen molar-refractivity contribution in [1.82, 2.24) is 15.5 Å². The summed E-state index contributed by atoms with van der Waals surface area (Å²) in [5.74, 6) is 1.02. The molecule has 3 rings (SSSR count). The number of aromatic nitrogens is 2. The van der Waals surface area contributed by atoms with Crippen molar-refractivity contribution in [1.29, 1.82) is 0 Å². The van der Waals surface area contributed by atoms with Gasteiger partial charge in [-0.25, -0.2) is 0 Å². The minimum atomic E-state index is -0.0483. The maximum absolute atomic E-state index is 12.1. The quantitative estimate of drug-likeness (QED) is 0.610. The van der Waals surface area contributed by atoms with Crippen LogP contribution in [0.25, 0.3) is 11.3 Å². The van der Waals surface area contributed by atoms with E-state index in [0.717, 1.165) is 27.6 Å². The van der Waals surface area contributed by atoms with Crippen LogP contribution in [-0.4, -0.2) is 29.0 Å². The Labute approximate surface area is 169 Å². The van der Waals surface area contributed by atoms with Gasteiger partial charge in [-0.3, -0.25) is 4.79 Å². The van der Waals surface area contributed by atoms with Crippen LogP contribution in [0, 0.1) is 13.8 Å². The summed E-state index contributed by atoms with van der Waals surface area (Å²) in [6.07, 6.45) is 0. The second-order valence-corrected chi connectivity index (χ2v) is 7.47. The van der Waals surface area contributed by atoms with E-state index in [1.165, 1.54) is 22.9 Å². The smallest absolute Gasteiger partial charge is 0.230 e. The lowest BCUT2D eigenvalue weighted by Gasteiger charge is -2.07. The second-order valence-electron chi connectivity index (χ2n) is 6.47. The molecule has 1 N–H and O–H groups in total. The molecule has 5 nitrogen and oxygen atoms in total. The van der Waals surface area contributed by atoms with Crippen LogP contribution in [0.15, 0.2) is 59.6 Å². The zero-order chi connectivity index (χ0) is 19.9. The maximum atomic E-state index is 12.1. The van der Waals surface area contributed by atoms with Crippen LogP contribution in [0.2, 0.25) is 0 Å². The normalized spacial score (nSPS) is 10.5. The maximum Gasteiger partial charge on any atom is 0.230 e. The van der Waals surface area contributed by atoms with Gasteiger partial charge in [-0.1, -0.05) is 36.0 Å². The Hall–Kier alpha value is -2.86. The molecule has 0 atom stereocenters. The number of thioether (sulfide) groups is 1. The molecule has 1 heterocycles. The molecule has 28 heavy (non-hydrogen) atoms. The summed E-state index contributed by atoms with van der Waals surface area (Å²) >= 11 is 1.37. The van der Waals surface area contributed by atoms with Gasteiger partial charge in [0, 0.05) is 12.1 Å². The van der Waals surface area contributed by atoms with Crippen molar-refractivity contribution in [2.24, 2.45) is 0 Å². The number of rotatable bonds is 7. The van der Waals surface area contributed by atoms with Gasteiger partial charge in [-0.15, -0.1) is 10.2 Å². The lowest BCUT2D eigenvalue weighted by molar-refractivity contribution is -0.118. The topological polar surface area (TPSA) is 64.1 Å². The van der Waals surface area contributed by atoms with Gasteiger partial charge in [0.05, 0.1) is 18.6 Å². The fourth-order valence-electron chi connectivity index (χ4n) is 2.63. The summed E-state index contributed by atoms with van der Waals surface area (Å²) < 4.78 is 5.19. The first kappa shape index (κ1) is 19.9. The van der Waals surface area contributed by atoms with E-state index in [-0.39, 0.29) is 5.91 Å². The highest BCUT2D eigenvalue weighted by Crippen LogP contribution is 2.22. The Morgan fingerprint density at radius 1 is 1.04 bits per heavy atom. The predicted molar refractivity (Wildman–Crippen MR) is 113 cm³/mol. The van der Waals surface area contributed by atoms with Crippen LogP contribution in [0.1, 0.15) is 16.7 Å². The highest BCUT2D eigenvalue weighted by molar-refractivity contribution is 7.99. The van der Waals surface area contributed by atoms with E-state index in [2.05, 4.69) is 41.5 Å². The van der Waals surface area contributed by atoms with Crippen molar-refractivity contribution in [2.45, 2.75) is 25.4 Å². The van der Waals surface area contributed by atoms with E-state index >= 15 is 0 Å². The molecular formula is C22H23N3O2S. The van der Waals surface area contributed by atoms with E-state index in [9.17, 15) is 4.79 Å². The third-order valence-corrected chi connectivity index (χ3v) is 5.34. The summed E-state index contributed by atoms with van der Waals surface area (Å²) in [7, 11) is 1.63. The van der Waals surface area contributed by atoms with Gasteiger partial charge in [0.15, 0.2) is 0 Å². The van der Waals surface area contributed by atoms with E-state index in [4.69, 9.17) is 4.74 Å². The summed E-state index contributed by atoms with van der Waals surface area (Å²) in [5.41, 5.74) is 5.35. The Balaban J connectivity index is 1.51. The lowest BCUT2D eigenvalue weighted by atomic mass is 10.0. The standard InChI is InChI=1S/C22H23N3O2S/c1-15-7-8-18(11-16(15)2)20-9-10-22(25-24-20)28-14-21(26)23-13-17-5-4-6-19(12-17)27-3/h4-12H,13-14H2,1-3H3,(H,23,26). The molecule has 0 unspecified atom stereocenters. The van der Waals surface area contributed by atoms with Crippen LogP contribution < -0.4 is 10.1 Å². The zero-order valence-corrected chi connectivity index (χ0v) is 17.0. The number of aryl methyl sites for hydroxylation is 2. The Bertz CT molecular complexity index is 958. The number of nitrogens with one attached hydrogen (secondary N) is 1. The Kier molecular flexibility index (Phi) is 6.66. The van der Waals surface area contributed by atoms with Crippen LogP contribution >= 0.6 is 11.8 Å². The number of hydrogen-bond donors (Lipinski definition) is 1. The van der Waals surface area contributed by atoms with E-state index in [1.807, 2.05) is 42.5 Å². The number of ether oxygens (including phenoxy) is 1. The number of benzene rings is 2. The van der Waals surface area contributed by atoms with Gasteiger partial charge in [-0.05, 0) is 60.9 Å². The summed E-state index contributed by atoms with van der Waals surface area (Å²) in [6, 6.07) is 17.7. The zero-order valence-electron chi connectivity index (χ0n) is 16.2. The molecule has 1 aromatic heterocycles. The summed E-state index contributed by atoms with van der Waals surface area (Å²) in [5, 5.41) is 12.2. The fraction of sp³-hybridized carbons (Fsp3) is 0.227. The number of methoxy groups -OCH3 is 1. The molecule has 0 aliphatic rings. The Morgan fingerprint density at radius 2 is 1.89 bits per heavy atom. The van der Waals surface area contributed by atoms with Gasteiger partial charge in [0.25, 0.3) is 0 Å². The molecule has 3 aromatic rings. The molecule has 0 aliphatic heterocycles. The molecule has 0 fully saturated rings. The highest BCUT2D eigenvalue weighted by Gasteiger charge is 2.07. The third-order valence-electron chi connectivity index (χ3n) is 4.42. The monoisotopic (exact) mass is 393 g/mol. The van der Waals surface area contributed by atoms with Gasteiger partial charge < -0.3 is 10.1 Å². The molecule has 144 valence electrons. The number of carbonyl (C=O) groups excluding carboxylic acids is 1. The molecule has 2 aromatic carbocycles. The minimum absolute atomic E-state index is 0.0483. The first-order valence-electron chi connectivity index (χ1n) is 8.99. The largest absolute Gasteiger partial charge is 0.497 e. The van der Waals surface area contributed by atoms with Crippen molar-refractivity contribution in [3.05, 3.63) is 71.3 Å². The minimum Gasteiger partial charge on any atom is -0.497 e. The second kappa shape index (κ2) is 9.37. The van der Waals surface area contributed by atoms with Crippen molar-refractivity contribution in [3.8, 4) is 17.0 Å². The molecule has 0 saturated carbocycles. The SMILES string of the molecule is COc1cccc(CNC(=O)CSc2ccc(-c3ccc(C)c(C)c3)nn2)c1. The van der Waals surface area contributed by atoms with Crippen LogP contribution in [0.5, 0.6) is 5.75 Å². The average molecular weight is 394 g/mol. The van der Waals surface area contributed by atoms with Crippen molar-refractivity contribution in [3.63, 3.8) is 0 Å². The van der Waals surface area contributed by atoms with E-state index in [0.29, 0.717) is 12.3 Å². The molecule has 0 spiro atoms.